The van der Waals surface area contributed by atoms with Crippen LogP contribution in [0.4, 0.5) is 14.5 Å². The Morgan fingerprint density at radius 2 is 1.83 bits per heavy atom. The zero-order valence-corrected chi connectivity index (χ0v) is 23.0. The third-order valence-corrected chi connectivity index (χ3v) is 9.03. The summed E-state index contributed by atoms with van der Waals surface area (Å²) in [5.74, 6) is -2.77. The van der Waals surface area contributed by atoms with Gasteiger partial charge in [0.25, 0.3) is 11.8 Å². The van der Waals surface area contributed by atoms with Crippen LogP contribution in [0.15, 0.2) is 60.7 Å². The zero-order chi connectivity index (χ0) is 29.1. The third-order valence-electron chi connectivity index (χ3n) is 7.78. The number of piperidine rings is 1. The van der Waals surface area contributed by atoms with Gasteiger partial charge in [0.1, 0.15) is 17.0 Å². The van der Waals surface area contributed by atoms with E-state index >= 15 is 0 Å². The van der Waals surface area contributed by atoms with Crippen LogP contribution in [0.1, 0.15) is 44.4 Å². The van der Waals surface area contributed by atoms with Gasteiger partial charge in [0.05, 0.1) is 22.2 Å². The summed E-state index contributed by atoms with van der Waals surface area (Å²) in [5.41, 5.74) is 20.7. The van der Waals surface area contributed by atoms with Crippen molar-refractivity contribution in [3.8, 4) is 11.5 Å². The van der Waals surface area contributed by atoms with Gasteiger partial charge in [-0.2, -0.15) is 0 Å². The predicted molar refractivity (Wildman–Crippen MR) is 155 cm³/mol. The number of nitrogen functional groups attached to an aromatic ring is 1. The van der Waals surface area contributed by atoms with E-state index in [1.54, 1.807) is 30.3 Å². The fraction of sp³-hybridized carbons (Fsp3) is 0.267. The fourth-order valence-corrected chi connectivity index (χ4v) is 7.08. The number of anilines is 1. The Hall–Kier alpha value is -3.90. The number of alkyl halides is 2. The Labute approximate surface area is 238 Å². The molecule has 4 aromatic rings. The number of thiophene rings is 1. The van der Waals surface area contributed by atoms with E-state index in [0.717, 1.165) is 11.3 Å². The van der Waals surface area contributed by atoms with Crippen molar-refractivity contribution >= 4 is 38.8 Å². The summed E-state index contributed by atoms with van der Waals surface area (Å²) in [6.07, 6.45) is -0.487. The number of aryl methyl sites for hydroxylation is 1. The molecule has 3 aromatic carbocycles. The number of nitrogens with one attached hydrogen (secondary N) is 2. The number of benzene rings is 3. The summed E-state index contributed by atoms with van der Waals surface area (Å²) < 4.78 is 34.4. The van der Waals surface area contributed by atoms with Gasteiger partial charge in [0.15, 0.2) is 5.78 Å². The maximum Gasteiger partial charge on any atom is 0.262 e. The molecule has 0 radical (unpaired) electrons. The molecule has 8 N–H and O–H groups in total. The van der Waals surface area contributed by atoms with Gasteiger partial charge in [-0.15, -0.1) is 11.3 Å². The van der Waals surface area contributed by atoms with Crippen molar-refractivity contribution in [2.45, 2.75) is 36.9 Å². The Morgan fingerprint density at radius 3 is 2.54 bits per heavy atom. The zero-order valence-electron chi connectivity index (χ0n) is 22.2. The van der Waals surface area contributed by atoms with E-state index in [-0.39, 0.29) is 11.4 Å². The molecule has 8 nitrogen and oxygen atoms in total. The number of Topliss-reactive ketones (excluding diaryl/α,β-unsaturated/α-hetero) is 1. The highest BCUT2D eigenvalue weighted by Crippen LogP contribution is 2.50. The number of amides is 1. The van der Waals surface area contributed by atoms with E-state index in [0.29, 0.717) is 49.5 Å². The van der Waals surface area contributed by atoms with Gasteiger partial charge in [-0.3, -0.25) is 9.59 Å². The average molecular weight is 578 g/mol. The maximum absolute atomic E-state index is 14.1. The highest BCUT2D eigenvalue weighted by molar-refractivity contribution is 7.21. The van der Waals surface area contributed by atoms with E-state index in [1.807, 2.05) is 37.3 Å². The molecule has 1 aromatic heterocycles. The van der Waals surface area contributed by atoms with E-state index in [2.05, 4.69) is 10.6 Å². The first-order valence-electron chi connectivity index (χ1n) is 13.2. The molecule has 0 saturated carbocycles. The molecule has 0 bridgehead atoms. The second-order valence-electron chi connectivity index (χ2n) is 10.7. The molecule has 1 amide bonds. The number of ether oxygens (including phenoxy) is 1. The van der Waals surface area contributed by atoms with Crippen LogP contribution in [0, 0.1) is 6.92 Å². The first-order chi connectivity index (χ1) is 19.5. The first kappa shape index (κ1) is 27.3. The molecule has 1 aliphatic heterocycles. The van der Waals surface area contributed by atoms with Crippen LogP contribution >= 0.6 is 11.3 Å². The van der Waals surface area contributed by atoms with Crippen LogP contribution in [-0.4, -0.2) is 36.7 Å². The van der Waals surface area contributed by atoms with Gasteiger partial charge in [-0.05, 0) is 53.9 Å². The minimum atomic E-state index is -2.94. The number of para-hydroxylation sites is 1. The Bertz CT molecular complexity index is 1690. The van der Waals surface area contributed by atoms with Crippen molar-refractivity contribution in [2.75, 3.05) is 18.8 Å². The van der Waals surface area contributed by atoms with Crippen LogP contribution in [0.5, 0.6) is 11.5 Å². The monoisotopic (exact) mass is 577 g/mol. The number of nitrogens with two attached hydrogens (primary N) is 3. The summed E-state index contributed by atoms with van der Waals surface area (Å²) >= 11 is 1.08. The molecule has 11 heteroatoms. The molecule has 1 saturated heterocycles. The van der Waals surface area contributed by atoms with Crippen LogP contribution in [0.25, 0.3) is 10.1 Å². The smallest absolute Gasteiger partial charge is 0.262 e. The molecule has 3 unspecified atom stereocenters. The van der Waals surface area contributed by atoms with Gasteiger partial charge in [0, 0.05) is 35.6 Å². The molecule has 2 aliphatic rings. The highest BCUT2D eigenvalue weighted by atomic mass is 32.1. The Morgan fingerprint density at radius 1 is 1.10 bits per heavy atom. The lowest BCUT2D eigenvalue weighted by molar-refractivity contribution is -0.124. The van der Waals surface area contributed by atoms with Gasteiger partial charge in [-0.25, -0.2) is 8.78 Å². The molecule has 1 fully saturated rings. The standard InChI is InChI=1S/C30H29F2N5O3S/c1-15-11-18(40-17-5-3-2-4-6-17)7-8-19(15)30(35)20-9-10-21(33)25-22(20)23(24(34)27(30)38)26(41-25)28(39)37-16-12-29(31,32)14-36-13-16/h2-11,16,24,36H,12-14,33-35H2,1H3,(H,37,39). The summed E-state index contributed by atoms with van der Waals surface area (Å²) in [6.45, 7) is 1.60. The number of ketones is 1. The summed E-state index contributed by atoms with van der Waals surface area (Å²) in [6, 6.07) is 15.9. The van der Waals surface area contributed by atoms with Crippen molar-refractivity contribution in [1.82, 2.24) is 10.6 Å². The number of carbonyl (C=O) groups is 2. The van der Waals surface area contributed by atoms with E-state index in [4.69, 9.17) is 21.9 Å². The van der Waals surface area contributed by atoms with Gasteiger partial charge in [-0.1, -0.05) is 30.3 Å². The number of carbonyl (C=O) groups excluding carboxylic acids is 2. The molecule has 41 heavy (non-hydrogen) atoms. The molecule has 0 spiro atoms. The van der Waals surface area contributed by atoms with Crippen LogP contribution in [-0.2, 0) is 10.3 Å². The molecule has 6 rings (SSSR count). The normalized spacial score (nSPS) is 23.4. The molecule has 2 heterocycles. The minimum Gasteiger partial charge on any atom is -0.457 e. The number of halogens is 2. The van der Waals surface area contributed by atoms with Crippen molar-refractivity contribution in [1.29, 1.82) is 0 Å². The fourth-order valence-electron chi connectivity index (χ4n) is 5.88. The van der Waals surface area contributed by atoms with E-state index in [1.165, 1.54) is 0 Å². The average Bonchev–Trinajstić information content (AvgIpc) is 3.33. The SMILES string of the molecule is Cc1cc(Oc2ccccc2)ccc1C1(N)C(=O)C(N)c2c(C(=O)NC3CNCC(F)(F)C3)sc3c(N)ccc1c23. The lowest BCUT2D eigenvalue weighted by Crippen LogP contribution is -2.54. The third kappa shape index (κ3) is 4.55. The summed E-state index contributed by atoms with van der Waals surface area (Å²) in [7, 11) is 0. The summed E-state index contributed by atoms with van der Waals surface area (Å²) in [5, 5.41) is 5.88. The topological polar surface area (TPSA) is 145 Å². The van der Waals surface area contributed by atoms with Crippen LogP contribution in [0.2, 0.25) is 0 Å². The van der Waals surface area contributed by atoms with Crippen molar-refractivity contribution in [3.05, 3.63) is 87.8 Å². The molecule has 3 atom stereocenters. The largest absolute Gasteiger partial charge is 0.457 e. The lowest BCUT2D eigenvalue weighted by Gasteiger charge is -2.37. The molecule has 1 aliphatic carbocycles. The second kappa shape index (κ2) is 9.88. The minimum absolute atomic E-state index is 0.166. The Kier molecular flexibility index (Phi) is 6.57. The highest BCUT2D eigenvalue weighted by Gasteiger charge is 2.49. The molecule has 212 valence electrons. The van der Waals surface area contributed by atoms with Gasteiger partial charge < -0.3 is 32.6 Å². The maximum atomic E-state index is 14.1. The van der Waals surface area contributed by atoms with E-state index in [9.17, 15) is 18.4 Å². The number of rotatable bonds is 5. The van der Waals surface area contributed by atoms with E-state index < -0.39 is 48.2 Å². The van der Waals surface area contributed by atoms with Gasteiger partial charge in [0.2, 0.25) is 0 Å². The second-order valence-corrected chi connectivity index (χ2v) is 11.7. The van der Waals surface area contributed by atoms with Gasteiger partial charge >= 0.3 is 0 Å². The summed E-state index contributed by atoms with van der Waals surface area (Å²) in [4.78, 5) is 27.6. The van der Waals surface area contributed by atoms with Crippen LogP contribution in [0.3, 0.4) is 0 Å². The number of hydrogen-bond donors (Lipinski definition) is 5. The van der Waals surface area contributed by atoms with Crippen LogP contribution < -0.4 is 32.6 Å². The number of hydrogen-bond acceptors (Lipinski definition) is 8. The predicted octanol–water partition coefficient (Wildman–Crippen LogP) is 4.10. The molecular weight excluding hydrogens is 548 g/mol. The van der Waals surface area contributed by atoms with Crippen molar-refractivity contribution < 1.29 is 23.1 Å². The lowest BCUT2D eigenvalue weighted by atomic mass is 9.69. The van der Waals surface area contributed by atoms with Crippen molar-refractivity contribution in [3.63, 3.8) is 0 Å². The first-order valence-corrected chi connectivity index (χ1v) is 14.0. The molecular formula is C30H29F2N5O3S. The quantitative estimate of drug-likeness (QED) is 0.225. The Balaban J connectivity index is 1.42. The van der Waals surface area contributed by atoms with Crippen molar-refractivity contribution in [2.24, 2.45) is 11.5 Å².